The van der Waals surface area contributed by atoms with Crippen molar-refractivity contribution in [1.82, 2.24) is 5.32 Å². The van der Waals surface area contributed by atoms with Gasteiger partial charge in [-0.1, -0.05) is 6.07 Å². The highest BCUT2D eigenvalue weighted by Gasteiger charge is 2.20. The predicted molar refractivity (Wildman–Crippen MR) is 69.8 cm³/mol. The number of hydrogen-bond donors (Lipinski definition) is 2. The molecule has 0 radical (unpaired) electrons. The van der Waals surface area contributed by atoms with Gasteiger partial charge < -0.3 is 20.5 Å². The summed E-state index contributed by atoms with van der Waals surface area (Å²) >= 11 is 0. The van der Waals surface area contributed by atoms with E-state index < -0.39 is 0 Å². The average Bonchev–Trinajstić information content (AvgIpc) is 2.38. The van der Waals surface area contributed by atoms with E-state index in [1.165, 1.54) is 5.56 Å². The van der Waals surface area contributed by atoms with Crippen molar-refractivity contribution in [2.45, 2.75) is 18.9 Å². The van der Waals surface area contributed by atoms with Crippen LogP contribution < -0.4 is 20.5 Å². The van der Waals surface area contributed by atoms with Crippen LogP contribution in [0.25, 0.3) is 0 Å². The van der Waals surface area contributed by atoms with Gasteiger partial charge in [0.15, 0.2) is 11.5 Å². The van der Waals surface area contributed by atoms with E-state index in [0.29, 0.717) is 6.54 Å². The normalized spacial score (nSPS) is 14.2. The Kier molecular flexibility index (Phi) is 4.78. The third-order valence-corrected chi connectivity index (χ3v) is 3.10. The van der Waals surface area contributed by atoms with Crippen molar-refractivity contribution in [3.8, 4) is 11.5 Å². The van der Waals surface area contributed by atoms with Crippen LogP contribution in [0, 0.1) is 0 Å². The Morgan fingerprint density at radius 2 is 1.88 bits per heavy atom. The van der Waals surface area contributed by atoms with Crippen molar-refractivity contribution >= 4 is 0 Å². The van der Waals surface area contributed by atoms with Gasteiger partial charge in [0, 0.05) is 12.1 Å². The zero-order valence-corrected chi connectivity index (χ0v) is 11.0. The lowest BCUT2D eigenvalue weighted by molar-refractivity contribution is 0.352. The summed E-state index contributed by atoms with van der Waals surface area (Å²) < 4.78 is 10.5. The van der Waals surface area contributed by atoms with Crippen molar-refractivity contribution in [3.05, 3.63) is 23.8 Å². The maximum atomic E-state index is 5.77. The smallest absolute Gasteiger partial charge is 0.160 e. The number of nitrogens with one attached hydrogen (secondary N) is 1. The molecule has 0 aromatic heterocycles. The molecule has 3 N–H and O–H groups in total. The number of ether oxygens (including phenoxy) is 2. The monoisotopic (exact) mass is 238 g/mol. The molecule has 17 heavy (non-hydrogen) atoms. The summed E-state index contributed by atoms with van der Waals surface area (Å²) in [6.45, 7) is 2.68. The molecule has 1 aromatic carbocycles. The van der Waals surface area contributed by atoms with Crippen LogP contribution in [0.3, 0.4) is 0 Å². The van der Waals surface area contributed by atoms with Crippen molar-refractivity contribution < 1.29 is 9.47 Å². The molecule has 0 saturated carbocycles. The maximum absolute atomic E-state index is 5.77. The third kappa shape index (κ3) is 3.35. The van der Waals surface area contributed by atoms with E-state index in [4.69, 9.17) is 15.2 Å². The molecule has 1 aromatic rings. The molecule has 0 bridgehead atoms. The topological polar surface area (TPSA) is 56.5 Å². The second-order valence-corrected chi connectivity index (χ2v) is 4.38. The lowest BCUT2D eigenvalue weighted by atomic mass is 9.93. The van der Waals surface area contributed by atoms with Gasteiger partial charge in [-0.15, -0.1) is 0 Å². The number of rotatable bonds is 6. The SMILES string of the molecule is CNC(C)(CN)Cc1ccc(OC)c(OC)c1. The molecule has 4 heteroatoms. The minimum absolute atomic E-state index is 0.0976. The van der Waals surface area contributed by atoms with E-state index >= 15 is 0 Å². The van der Waals surface area contributed by atoms with E-state index in [-0.39, 0.29) is 5.54 Å². The Balaban J connectivity index is 2.93. The van der Waals surface area contributed by atoms with Crippen LogP contribution in [0.1, 0.15) is 12.5 Å². The van der Waals surface area contributed by atoms with Crippen molar-refractivity contribution in [2.75, 3.05) is 27.8 Å². The fraction of sp³-hybridized carbons (Fsp3) is 0.538. The first kappa shape index (κ1) is 13.8. The first-order valence-electron chi connectivity index (χ1n) is 5.68. The average molecular weight is 238 g/mol. The van der Waals surface area contributed by atoms with Crippen molar-refractivity contribution in [1.29, 1.82) is 0 Å². The summed E-state index contributed by atoms with van der Waals surface area (Å²) in [5, 5.41) is 3.25. The Bertz CT molecular complexity index is 362. The van der Waals surface area contributed by atoms with E-state index in [2.05, 4.69) is 12.2 Å². The highest BCUT2D eigenvalue weighted by molar-refractivity contribution is 5.43. The summed E-state index contributed by atoms with van der Waals surface area (Å²) in [6, 6.07) is 5.94. The first-order chi connectivity index (χ1) is 8.08. The molecule has 1 unspecified atom stereocenters. The highest BCUT2D eigenvalue weighted by atomic mass is 16.5. The third-order valence-electron chi connectivity index (χ3n) is 3.10. The van der Waals surface area contributed by atoms with Gasteiger partial charge in [0.05, 0.1) is 14.2 Å². The molecule has 0 fully saturated rings. The molecule has 0 aliphatic heterocycles. The van der Waals surface area contributed by atoms with Gasteiger partial charge in [-0.05, 0) is 38.1 Å². The fourth-order valence-electron chi connectivity index (χ4n) is 1.70. The molecule has 0 heterocycles. The molecule has 4 nitrogen and oxygen atoms in total. The van der Waals surface area contributed by atoms with E-state index in [0.717, 1.165) is 17.9 Å². The highest BCUT2D eigenvalue weighted by Crippen LogP contribution is 2.28. The van der Waals surface area contributed by atoms with Gasteiger partial charge in [0.2, 0.25) is 0 Å². The first-order valence-corrected chi connectivity index (χ1v) is 5.68. The minimum Gasteiger partial charge on any atom is -0.493 e. The molecule has 96 valence electrons. The van der Waals surface area contributed by atoms with Crippen LogP contribution in [0.2, 0.25) is 0 Å². The van der Waals surface area contributed by atoms with Gasteiger partial charge in [-0.25, -0.2) is 0 Å². The number of benzene rings is 1. The Morgan fingerprint density at radius 3 is 2.35 bits per heavy atom. The van der Waals surface area contributed by atoms with Crippen LogP contribution in [0.4, 0.5) is 0 Å². The Morgan fingerprint density at radius 1 is 1.24 bits per heavy atom. The quantitative estimate of drug-likeness (QED) is 0.781. The van der Waals surface area contributed by atoms with E-state index in [1.807, 2.05) is 25.2 Å². The molecule has 1 atom stereocenters. The van der Waals surface area contributed by atoms with Crippen LogP contribution in [-0.4, -0.2) is 33.4 Å². The van der Waals surface area contributed by atoms with Crippen molar-refractivity contribution in [3.63, 3.8) is 0 Å². The molecular formula is C13H22N2O2. The van der Waals surface area contributed by atoms with Gasteiger partial charge >= 0.3 is 0 Å². The van der Waals surface area contributed by atoms with Crippen molar-refractivity contribution in [2.24, 2.45) is 5.73 Å². The van der Waals surface area contributed by atoms with Crippen LogP contribution in [0.5, 0.6) is 11.5 Å². The second kappa shape index (κ2) is 5.89. The van der Waals surface area contributed by atoms with Crippen LogP contribution in [0.15, 0.2) is 18.2 Å². The Labute approximate surface area is 103 Å². The van der Waals surface area contributed by atoms with Crippen LogP contribution >= 0.6 is 0 Å². The van der Waals surface area contributed by atoms with Crippen LogP contribution in [-0.2, 0) is 6.42 Å². The zero-order valence-electron chi connectivity index (χ0n) is 11.0. The molecule has 0 spiro atoms. The number of likely N-dealkylation sites (N-methyl/N-ethyl adjacent to an activating group) is 1. The summed E-state index contributed by atoms with van der Waals surface area (Å²) in [7, 11) is 5.20. The Hall–Kier alpha value is -1.26. The standard InChI is InChI=1S/C13H22N2O2/c1-13(9-14,15-2)8-10-5-6-11(16-3)12(7-10)17-4/h5-7,15H,8-9,14H2,1-4H3. The molecule has 0 amide bonds. The summed E-state index contributed by atoms with van der Waals surface area (Å²) in [4.78, 5) is 0. The summed E-state index contributed by atoms with van der Waals surface area (Å²) in [6.07, 6.45) is 0.848. The predicted octanol–water partition coefficient (Wildman–Crippen LogP) is 1.18. The minimum atomic E-state index is -0.0976. The second-order valence-electron chi connectivity index (χ2n) is 4.38. The lowest BCUT2D eigenvalue weighted by Gasteiger charge is -2.27. The van der Waals surface area contributed by atoms with Gasteiger partial charge in [-0.2, -0.15) is 0 Å². The number of hydrogen-bond acceptors (Lipinski definition) is 4. The number of methoxy groups -OCH3 is 2. The lowest BCUT2D eigenvalue weighted by Crippen LogP contribution is -2.48. The van der Waals surface area contributed by atoms with E-state index in [9.17, 15) is 0 Å². The molecular weight excluding hydrogens is 216 g/mol. The molecule has 0 aliphatic rings. The van der Waals surface area contributed by atoms with Gasteiger partial charge in [0.1, 0.15) is 0 Å². The molecule has 0 saturated heterocycles. The largest absolute Gasteiger partial charge is 0.493 e. The van der Waals surface area contributed by atoms with Gasteiger partial charge in [-0.3, -0.25) is 0 Å². The summed E-state index contributed by atoms with van der Waals surface area (Å²) in [5.74, 6) is 1.50. The molecule has 1 rings (SSSR count). The summed E-state index contributed by atoms with van der Waals surface area (Å²) in [5.41, 5.74) is 6.85. The van der Waals surface area contributed by atoms with Gasteiger partial charge in [0.25, 0.3) is 0 Å². The number of nitrogens with two attached hydrogens (primary N) is 1. The van der Waals surface area contributed by atoms with E-state index in [1.54, 1.807) is 14.2 Å². The maximum Gasteiger partial charge on any atom is 0.160 e. The zero-order chi connectivity index (χ0) is 12.9. The fourth-order valence-corrected chi connectivity index (χ4v) is 1.70. The molecule has 0 aliphatic carbocycles.